The number of aromatic nitrogens is 1. The second-order valence-electron chi connectivity index (χ2n) is 4.75. The predicted octanol–water partition coefficient (Wildman–Crippen LogP) is 4.09. The van der Waals surface area contributed by atoms with Crippen molar-refractivity contribution in [3.8, 4) is 10.8 Å². The fourth-order valence-electron chi connectivity index (χ4n) is 1.94. The molecule has 3 rings (SSSR count). The molecule has 7 heteroatoms. The standard InChI is InChI=1S/C16H14ClN3O2S/c17-13-5-2-1-4-11(13)8-15(18)20-22-10-12-9-21-16(19-12)14-6-3-7-23-14/h1-7,9H,8,10H2,(H2,18,20). The molecule has 0 fully saturated rings. The summed E-state index contributed by atoms with van der Waals surface area (Å²) in [6.07, 6.45) is 1.98. The number of hydrogen-bond acceptors (Lipinski definition) is 5. The van der Waals surface area contributed by atoms with Crippen LogP contribution in [-0.4, -0.2) is 10.8 Å². The normalized spacial score (nSPS) is 11.6. The molecule has 0 unspecified atom stereocenters. The number of oxazole rings is 1. The van der Waals surface area contributed by atoms with Gasteiger partial charge in [0.15, 0.2) is 6.61 Å². The predicted molar refractivity (Wildman–Crippen MR) is 91.4 cm³/mol. The Bertz CT molecular complexity index is 799. The molecule has 118 valence electrons. The molecule has 0 aliphatic heterocycles. The molecule has 1 aromatic carbocycles. The molecule has 0 aliphatic carbocycles. The largest absolute Gasteiger partial charge is 0.443 e. The number of nitrogens with two attached hydrogens (primary N) is 1. The van der Waals surface area contributed by atoms with Gasteiger partial charge >= 0.3 is 0 Å². The van der Waals surface area contributed by atoms with Crippen LogP contribution in [0.3, 0.4) is 0 Å². The topological polar surface area (TPSA) is 73.6 Å². The molecule has 2 N–H and O–H groups in total. The Morgan fingerprint density at radius 1 is 1.30 bits per heavy atom. The highest BCUT2D eigenvalue weighted by molar-refractivity contribution is 7.13. The quantitative estimate of drug-likeness (QED) is 0.414. The van der Waals surface area contributed by atoms with Crippen molar-refractivity contribution in [2.75, 3.05) is 0 Å². The monoisotopic (exact) mass is 347 g/mol. The van der Waals surface area contributed by atoms with Crippen LogP contribution < -0.4 is 5.73 Å². The summed E-state index contributed by atoms with van der Waals surface area (Å²) in [5.41, 5.74) is 7.40. The van der Waals surface area contributed by atoms with Gasteiger partial charge in [-0.05, 0) is 23.1 Å². The molecule has 3 aromatic rings. The van der Waals surface area contributed by atoms with Gasteiger partial charge in [0.25, 0.3) is 0 Å². The lowest BCUT2D eigenvalue weighted by Crippen LogP contribution is -2.15. The summed E-state index contributed by atoms with van der Waals surface area (Å²) in [7, 11) is 0. The number of halogens is 1. The SMILES string of the molecule is N/C(Cc1ccccc1Cl)=N/OCc1coc(-c2cccs2)n1. The maximum atomic E-state index is 6.08. The molecule has 5 nitrogen and oxygen atoms in total. The molecule has 0 saturated heterocycles. The maximum Gasteiger partial charge on any atom is 0.236 e. The molecule has 0 atom stereocenters. The molecule has 2 aromatic heterocycles. The fraction of sp³-hybridized carbons (Fsp3) is 0.125. The summed E-state index contributed by atoms with van der Waals surface area (Å²) in [5.74, 6) is 0.923. The summed E-state index contributed by atoms with van der Waals surface area (Å²) >= 11 is 7.64. The molecule has 0 amide bonds. The third-order valence-electron chi connectivity index (χ3n) is 3.01. The zero-order valence-electron chi connectivity index (χ0n) is 12.1. The van der Waals surface area contributed by atoms with Gasteiger partial charge in [-0.25, -0.2) is 4.98 Å². The van der Waals surface area contributed by atoms with Gasteiger partial charge in [-0.2, -0.15) is 0 Å². The molecule has 0 radical (unpaired) electrons. The number of amidine groups is 1. The number of nitrogens with zero attached hydrogens (tertiary/aromatic N) is 2. The third kappa shape index (κ3) is 4.12. The molecule has 2 heterocycles. The smallest absolute Gasteiger partial charge is 0.236 e. The van der Waals surface area contributed by atoms with Gasteiger partial charge in [0.05, 0.1) is 4.88 Å². The Balaban J connectivity index is 1.55. The van der Waals surface area contributed by atoms with Crippen LogP contribution in [0.4, 0.5) is 0 Å². The van der Waals surface area contributed by atoms with Crippen molar-refractivity contribution < 1.29 is 9.25 Å². The Labute approximate surface area is 142 Å². The highest BCUT2D eigenvalue weighted by Gasteiger charge is 2.08. The van der Waals surface area contributed by atoms with E-state index in [0.29, 0.717) is 28.9 Å². The number of benzene rings is 1. The lowest BCUT2D eigenvalue weighted by molar-refractivity contribution is 0.127. The van der Waals surface area contributed by atoms with Gasteiger partial charge in [0.2, 0.25) is 5.89 Å². The number of rotatable bonds is 6. The lowest BCUT2D eigenvalue weighted by atomic mass is 10.1. The van der Waals surface area contributed by atoms with E-state index in [0.717, 1.165) is 10.4 Å². The molecule has 23 heavy (non-hydrogen) atoms. The van der Waals surface area contributed by atoms with Crippen molar-refractivity contribution in [3.05, 3.63) is 64.3 Å². The molecule has 0 spiro atoms. The van der Waals surface area contributed by atoms with E-state index in [1.165, 1.54) is 0 Å². The average Bonchev–Trinajstić information content (AvgIpc) is 3.20. The minimum Gasteiger partial charge on any atom is -0.443 e. The zero-order chi connectivity index (χ0) is 16.1. The van der Waals surface area contributed by atoms with Crippen LogP contribution in [0, 0.1) is 0 Å². The Morgan fingerprint density at radius 3 is 2.96 bits per heavy atom. The number of thiophene rings is 1. The first kappa shape index (κ1) is 15.6. The molecule has 0 aliphatic rings. The van der Waals surface area contributed by atoms with E-state index in [9.17, 15) is 0 Å². The summed E-state index contributed by atoms with van der Waals surface area (Å²) < 4.78 is 5.40. The summed E-state index contributed by atoms with van der Waals surface area (Å²) in [6, 6.07) is 11.4. The highest BCUT2D eigenvalue weighted by atomic mass is 35.5. The van der Waals surface area contributed by atoms with Crippen molar-refractivity contribution >= 4 is 28.8 Å². The van der Waals surface area contributed by atoms with Crippen LogP contribution in [-0.2, 0) is 17.9 Å². The first-order valence-electron chi connectivity index (χ1n) is 6.88. The van der Waals surface area contributed by atoms with E-state index >= 15 is 0 Å². The van der Waals surface area contributed by atoms with Crippen molar-refractivity contribution in [2.45, 2.75) is 13.0 Å². The molecular formula is C16H14ClN3O2S. The minimum atomic E-state index is 0.193. The van der Waals surface area contributed by atoms with Crippen molar-refractivity contribution in [1.29, 1.82) is 0 Å². The van der Waals surface area contributed by atoms with Crippen LogP contribution in [0.5, 0.6) is 0 Å². The lowest BCUT2D eigenvalue weighted by Gasteiger charge is -2.03. The van der Waals surface area contributed by atoms with E-state index in [2.05, 4.69) is 10.1 Å². The Kier molecular flexibility index (Phi) is 4.95. The highest BCUT2D eigenvalue weighted by Crippen LogP contribution is 2.23. The van der Waals surface area contributed by atoms with E-state index in [1.54, 1.807) is 17.6 Å². The van der Waals surface area contributed by atoms with Crippen molar-refractivity contribution in [3.63, 3.8) is 0 Å². The van der Waals surface area contributed by atoms with Crippen LogP contribution >= 0.6 is 22.9 Å². The Hall–Kier alpha value is -2.31. The van der Waals surface area contributed by atoms with E-state index in [4.69, 9.17) is 26.6 Å². The number of hydrogen-bond donors (Lipinski definition) is 1. The van der Waals surface area contributed by atoms with Crippen molar-refractivity contribution in [2.24, 2.45) is 10.9 Å². The van der Waals surface area contributed by atoms with Gasteiger partial charge in [-0.1, -0.05) is 41.0 Å². The van der Waals surface area contributed by atoms with E-state index in [1.807, 2.05) is 41.8 Å². The fourth-order valence-corrected chi connectivity index (χ4v) is 2.80. The summed E-state index contributed by atoms with van der Waals surface area (Å²) in [6.45, 7) is 0.193. The third-order valence-corrected chi connectivity index (χ3v) is 4.23. The van der Waals surface area contributed by atoms with Crippen LogP contribution in [0.25, 0.3) is 10.8 Å². The van der Waals surface area contributed by atoms with Crippen LogP contribution in [0.1, 0.15) is 11.3 Å². The van der Waals surface area contributed by atoms with Gasteiger partial charge in [-0.15, -0.1) is 11.3 Å². The van der Waals surface area contributed by atoms with E-state index in [-0.39, 0.29) is 6.61 Å². The van der Waals surface area contributed by atoms with Gasteiger partial charge in [0.1, 0.15) is 17.8 Å². The van der Waals surface area contributed by atoms with E-state index < -0.39 is 0 Å². The molecular weight excluding hydrogens is 334 g/mol. The van der Waals surface area contributed by atoms with Crippen LogP contribution in [0.15, 0.2) is 57.6 Å². The van der Waals surface area contributed by atoms with Gasteiger partial charge in [0, 0.05) is 11.4 Å². The van der Waals surface area contributed by atoms with Gasteiger partial charge < -0.3 is 15.0 Å². The number of oxime groups is 1. The summed E-state index contributed by atoms with van der Waals surface area (Å²) in [4.78, 5) is 10.5. The molecule has 0 saturated carbocycles. The zero-order valence-corrected chi connectivity index (χ0v) is 13.7. The van der Waals surface area contributed by atoms with Gasteiger partial charge in [-0.3, -0.25) is 0 Å². The molecule has 0 bridgehead atoms. The maximum absolute atomic E-state index is 6.08. The second kappa shape index (κ2) is 7.30. The second-order valence-corrected chi connectivity index (χ2v) is 6.10. The average molecular weight is 348 g/mol. The minimum absolute atomic E-state index is 0.193. The van der Waals surface area contributed by atoms with Crippen molar-refractivity contribution in [1.82, 2.24) is 4.98 Å². The Morgan fingerprint density at radius 2 is 2.17 bits per heavy atom. The summed E-state index contributed by atoms with van der Waals surface area (Å²) in [5, 5.41) is 6.51. The van der Waals surface area contributed by atoms with Crippen LogP contribution in [0.2, 0.25) is 5.02 Å². The first-order chi connectivity index (χ1) is 11.2. The first-order valence-corrected chi connectivity index (χ1v) is 8.14.